The average Bonchev–Trinajstić information content (AvgIpc) is 2.89. The Hall–Kier alpha value is -2.33. The maximum Gasteiger partial charge on any atom is 0.137 e. The molecule has 0 saturated carbocycles. The quantitative estimate of drug-likeness (QED) is 0.623. The summed E-state index contributed by atoms with van der Waals surface area (Å²) in [6, 6.07) is 11.4. The van der Waals surface area contributed by atoms with E-state index < -0.39 is 0 Å². The Morgan fingerprint density at radius 2 is 2.00 bits per heavy atom. The molecule has 0 unspecified atom stereocenters. The van der Waals surface area contributed by atoms with Crippen molar-refractivity contribution in [2.45, 2.75) is 13.0 Å². The van der Waals surface area contributed by atoms with E-state index in [1.165, 1.54) is 16.5 Å². The fraction of sp³-hybridized carbons (Fsp3) is 0.188. The first-order chi connectivity index (χ1) is 9.83. The molecule has 20 heavy (non-hydrogen) atoms. The molecule has 0 aliphatic carbocycles. The molecule has 3 N–H and O–H groups in total. The molecule has 1 aromatic carbocycles. The summed E-state index contributed by atoms with van der Waals surface area (Å²) in [6.07, 6.45) is 4.74. The maximum absolute atomic E-state index is 9.23. The van der Waals surface area contributed by atoms with Crippen molar-refractivity contribution < 1.29 is 5.11 Å². The number of hydrogen-bond donors (Lipinski definition) is 3. The highest BCUT2D eigenvalue weighted by atomic mass is 16.3. The lowest BCUT2D eigenvalue weighted by atomic mass is 10.1. The number of nitrogens with zero attached hydrogens (tertiary/aromatic N) is 1. The Morgan fingerprint density at radius 3 is 2.85 bits per heavy atom. The van der Waals surface area contributed by atoms with Crippen LogP contribution in [0.3, 0.4) is 0 Å². The van der Waals surface area contributed by atoms with Gasteiger partial charge in [-0.25, -0.2) is 4.98 Å². The maximum atomic E-state index is 9.23. The number of phenols is 1. The number of aromatic amines is 1. The zero-order valence-corrected chi connectivity index (χ0v) is 11.1. The van der Waals surface area contributed by atoms with E-state index in [9.17, 15) is 5.11 Å². The van der Waals surface area contributed by atoms with Crippen molar-refractivity contribution in [1.82, 2.24) is 15.3 Å². The van der Waals surface area contributed by atoms with E-state index in [1.54, 1.807) is 18.3 Å². The normalized spacial score (nSPS) is 11.0. The fourth-order valence-electron chi connectivity index (χ4n) is 2.28. The van der Waals surface area contributed by atoms with Crippen molar-refractivity contribution in [2.75, 3.05) is 6.54 Å². The third-order valence-corrected chi connectivity index (χ3v) is 3.38. The highest BCUT2D eigenvalue weighted by Crippen LogP contribution is 2.15. The molecule has 0 aliphatic rings. The summed E-state index contributed by atoms with van der Waals surface area (Å²) in [6.45, 7) is 1.72. The number of H-pyrrole nitrogens is 1. The molecule has 0 aliphatic heterocycles. The van der Waals surface area contributed by atoms with Gasteiger partial charge in [0.05, 0.1) is 0 Å². The van der Waals surface area contributed by atoms with Crippen molar-refractivity contribution >= 4 is 11.0 Å². The highest BCUT2D eigenvalue weighted by molar-refractivity contribution is 5.79. The van der Waals surface area contributed by atoms with Gasteiger partial charge in [0.1, 0.15) is 11.4 Å². The average molecular weight is 267 g/mol. The minimum Gasteiger partial charge on any atom is -0.508 e. The van der Waals surface area contributed by atoms with Gasteiger partial charge in [-0.15, -0.1) is 0 Å². The number of aromatic nitrogens is 2. The summed E-state index contributed by atoms with van der Waals surface area (Å²) < 4.78 is 0. The second-order valence-corrected chi connectivity index (χ2v) is 4.81. The van der Waals surface area contributed by atoms with Crippen LogP contribution in [0.15, 0.2) is 48.8 Å². The molecule has 0 saturated heterocycles. The molecule has 2 aromatic heterocycles. The highest BCUT2D eigenvalue weighted by Gasteiger charge is 2.02. The van der Waals surface area contributed by atoms with Crippen LogP contribution in [-0.2, 0) is 13.0 Å². The largest absolute Gasteiger partial charge is 0.508 e. The summed E-state index contributed by atoms with van der Waals surface area (Å²) in [5, 5.41) is 13.8. The van der Waals surface area contributed by atoms with Crippen LogP contribution in [-0.4, -0.2) is 21.6 Å². The van der Waals surface area contributed by atoms with Crippen molar-refractivity contribution in [2.24, 2.45) is 0 Å². The number of hydrogen-bond acceptors (Lipinski definition) is 3. The molecule has 0 radical (unpaired) electrons. The topological polar surface area (TPSA) is 60.9 Å². The van der Waals surface area contributed by atoms with Crippen LogP contribution in [0.5, 0.6) is 5.75 Å². The number of phenolic OH excluding ortho intramolecular Hbond substituents is 1. The standard InChI is InChI=1S/C16H17N3O/c20-14-5-3-12(4-6-14)7-9-17-10-13-11-19-16-15(13)2-1-8-18-16/h1-6,8,11,17,20H,7,9-10H2,(H,18,19). The van der Waals surface area contributed by atoms with E-state index in [0.29, 0.717) is 5.75 Å². The Kier molecular flexibility index (Phi) is 3.65. The third kappa shape index (κ3) is 2.81. The van der Waals surface area contributed by atoms with Gasteiger partial charge in [-0.3, -0.25) is 0 Å². The number of nitrogens with one attached hydrogen (secondary N) is 2. The van der Waals surface area contributed by atoms with Gasteiger partial charge in [-0.1, -0.05) is 12.1 Å². The Bertz CT molecular complexity index is 688. The second-order valence-electron chi connectivity index (χ2n) is 4.81. The van der Waals surface area contributed by atoms with Crippen molar-refractivity contribution in [3.8, 4) is 5.75 Å². The molecule has 0 bridgehead atoms. The molecule has 102 valence electrons. The molecule has 3 aromatic rings. The van der Waals surface area contributed by atoms with Gasteiger partial charge in [-0.05, 0) is 48.4 Å². The van der Waals surface area contributed by atoms with Crippen LogP contribution in [0, 0.1) is 0 Å². The lowest BCUT2D eigenvalue weighted by Gasteiger charge is -2.04. The van der Waals surface area contributed by atoms with Crippen molar-refractivity contribution in [3.05, 3.63) is 59.9 Å². The predicted molar refractivity (Wildman–Crippen MR) is 79.6 cm³/mol. The Labute approximate surface area is 117 Å². The summed E-state index contributed by atoms with van der Waals surface area (Å²) >= 11 is 0. The first kappa shape index (κ1) is 12.7. The number of benzene rings is 1. The fourth-order valence-corrected chi connectivity index (χ4v) is 2.28. The number of aromatic hydroxyl groups is 1. The Morgan fingerprint density at radius 1 is 1.15 bits per heavy atom. The van der Waals surface area contributed by atoms with E-state index in [2.05, 4.69) is 21.4 Å². The minimum atomic E-state index is 0.313. The van der Waals surface area contributed by atoms with Crippen LogP contribution >= 0.6 is 0 Å². The molecule has 2 heterocycles. The Balaban J connectivity index is 1.54. The third-order valence-electron chi connectivity index (χ3n) is 3.38. The van der Waals surface area contributed by atoms with Crippen LogP contribution in [0.25, 0.3) is 11.0 Å². The van der Waals surface area contributed by atoms with Crippen molar-refractivity contribution in [1.29, 1.82) is 0 Å². The summed E-state index contributed by atoms with van der Waals surface area (Å²) in [5.74, 6) is 0.313. The molecule has 0 fully saturated rings. The van der Waals surface area contributed by atoms with Crippen LogP contribution in [0.1, 0.15) is 11.1 Å². The lowest BCUT2D eigenvalue weighted by Crippen LogP contribution is -2.16. The van der Waals surface area contributed by atoms with Gasteiger partial charge < -0.3 is 15.4 Å². The molecular weight excluding hydrogens is 250 g/mol. The molecule has 0 amide bonds. The molecule has 0 atom stereocenters. The SMILES string of the molecule is Oc1ccc(CCNCc2c[nH]c3ncccc23)cc1. The lowest BCUT2D eigenvalue weighted by molar-refractivity contribution is 0.475. The molecular formula is C16H17N3O. The van der Waals surface area contributed by atoms with Crippen molar-refractivity contribution in [3.63, 3.8) is 0 Å². The van der Waals surface area contributed by atoms with Gasteiger partial charge in [0, 0.05) is 24.3 Å². The first-order valence-corrected chi connectivity index (χ1v) is 6.72. The van der Waals surface area contributed by atoms with Gasteiger partial charge in [0.25, 0.3) is 0 Å². The summed E-state index contributed by atoms with van der Waals surface area (Å²) in [5.41, 5.74) is 3.39. The molecule has 3 rings (SSSR count). The first-order valence-electron chi connectivity index (χ1n) is 6.72. The smallest absolute Gasteiger partial charge is 0.137 e. The van der Waals surface area contributed by atoms with Crippen LogP contribution < -0.4 is 5.32 Å². The van der Waals surface area contributed by atoms with Gasteiger partial charge >= 0.3 is 0 Å². The van der Waals surface area contributed by atoms with E-state index in [-0.39, 0.29) is 0 Å². The van der Waals surface area contributed by atoms with E-state index >= 15 is 0 Å². The monoisotopic (exact) mass is 267 g/mol. The van der Waals surface area contributed by atoms with Gasteiger partial charge in [0.2, 0.25) is 0 Å². The number of fused-ring (bicyclic) bond motifs is 1. The molecule has 4 nitrogen and oxygen atoms in total. The van der Waals surface area contributed by atoms with E-state index in [4.69, 9.17) is 0 Å². The van der Waals surface area contributed by atoms with E-state index in [1.807, 2.05) is 24.4 Å². The van der Waals surface area contributed by atoms with Crippen LogP contribution in [0.4, 0.5) is 0 Å². The van der Waals surface area contributed by atoms with Crippen LogP contribution in [0.2, 0.25) is 0 Å². The molecule has 0 spiro atoms. The van der Waals surface area contributed by atoms with Gasteiger partial charge in [0.15, 0.2) is 0 Å². The summed E-state index contributed by atoms with van der Waals surface area (Å²) in [7, 11) is 0. The zero-order valence-electron chi connectivity index (χ0n) is 11.1. The molecule has 4 heteroatoms. The number of rotatable bonds is 5. The zero-order chi connectivity index (χ0) is 13.8. The second kappa shape index (κ2) is 5.75. The minimum absolute atomic E-state index is 0.313. The van der Waals surface area contributed by atoms with E-state index in [0.717, 1.165) is 25.2 Å². The predicted octanol–water partition coefficient (Wildman–Crippen LogP) is 2.60. The number of pyridine rings is 1. The summed E-state index contributed by atoms with van der Waals surface area (Å²) in [4.78, 5) is 7.45. The van der Waals surface area contributed by atoms with Gasteiger partial charge in [-0.2, -0.15) is 0 Å².